The van der Waals surface area contributed by atoms with Gasteiger partial charge < -0.3 is 10.4 Å². The number of aliphatic hydroxyl groups is 1. The Hall–Kier alpha value is -2.26. The number of aliphatic hydroxyl groups excluding tert-OH is 1. The molecule has 0 radical (unpaired) electrons. The number of amides is 1. The number of anilines is 1. The first-order valence-corrected chi connectivity index (χ1v) is 9.09. The van der Waals surface area contributed by atoms with E-state index >= 15 is 0 Å². The first kappa shape index (κ1) is 18.5. The highest BCUT2D eigenvalue weighted by molar-refractivity contribution is 8.00. The smallest absolute Gasteiger partial charge is 0.348 e. The Balaban J connectivity index is 1.72. The van der Waals surface area contributed by atoms with E-state index in [0.717, 1.165) is 54.4 Å². The van der Waals surface area contributed by atoms with Crippen LogP contribution in [0.3, 0.4) is 0 Å². The lowest BCUT2D eigenvalue weighted by molar-refractivity contribution is -0.113. The summed E-state index contributed by atoms with van der Waals surface area (Å²) in [6.45, 7) is 0.0512. The predicted molar refractivity (Wildman–Crippen MR) is 93.3 cm³/mol. The van der Waals surface area contributed by atoms with Crippen molar-refractivity contribution in [3.8, 4) is 0 Å². The van der Waals surface area contributed by atoms with Gasteiger partial charge in [-0.1, -0.05) is 11.8 Å². The Morgan fingerprint density at radius 1 is 1.35 bits per heavy atom. The fourth-order valence-electron chi connectivity index (χ4n) is 2.95. The molecule has 0 atom stereocenters. The molecule has 2 N–H and O–H groups in total. The topological polar surface area (TPSA) is 84.2 Å². The van der Waals surface area contributed by atoms with Crippen molar-refractivity contribution in [2.75, 3.05) is 17.7 Å². The maximum atomic E-state index is 13.6. The van der Waals surface area contributed by atoms with Gasteiger partial charge in [0.05, 0.1) is 24.6 Å². The van der Waals surface area contributed by atoms with Gasteiger partial charge >= 0.3 is 5.69 Å². The third-order valence-corrected chi connectivity index (χ3v) is 5.09. The number of aromatic nitrogens is 2. The van der Waals surface area contributed by atoms with Crippen molar-refractivity contribution < 1.29 is 18.7 Å². The monoisotopic (exact) mass is 381 g/mol. The van der Waals surface area contributed by atoms with Crippen molar-refractivity contribution in [2.45, 2.75) is 30.8 Å². The molecule has 1 aromatic carbocycles. The van der Waals surface area contributed by atoms with Gasteiger partial charge in [0, 0.05) is 17.3 Å². The quantitative estimate of drug-likeness (QED) is 0.588. The van der Waals surface area contributed by atoms with Crippen LogP contribution in [-0.4, -0.2) is 32.9 Å². The summed E-state index contributed by atoms with van der Waals surface area (Å²) in [7, 11) is 0. The minimum atomic E-state index is -0.853. The fraction of sp³-hybridized carbons (Fsp3) is 0.353. The number of halogens is 2. The highest BCUT2D eigenvalue weighted by atomic mass is 32.2. The summed E-state index contributed by atoms with van der Waals surface area (Å²) in [6.07, 6.45) is 2.37. The molecule has 3 rings (SSSR count). The molecule has 138 valence electrons. The fourth-order valence-corrected chi connectivity index (χ4v) is 3.82. The first-order chi connectivity index (χ1) is 12.5. The van der Waals surface area contributed by atoms with Crippen LogP contribution in [0.25, 0.3) is 0 Å². The number of nitrogens with one attached hydrogen (secondary N) is 1. The number of carbonyl (C=O) groups is 1. The van der Waals surface area contributed by atoms with Crippen LogP contribution in [-0.2, 0) is 24.2 Å². The van der Waals surface area contributed by atoms with Crippen LogP contribution in [0.15, 0.2) is 28.0 Å². The zero-order valence-electron chi connectivity index (χ0n) is 13.8. The molecule has 6 nitrogen and oxygen atoms in total. The Morgan fingerprint density at radius 2 is 2.15 bits per heavy atom. The van der Waals surface area contributed by atoms with Crippen molar-refractivity contribution in [3.63, 3.8) is 0 Å². The largest absolute Gasteiger partial charge is 0.395 e. The Bertz CT molecular complexity index is 902. The van der Waals surface area contributed by atoms with Crippen LogP contribution in [0.1, 0.15) is 17.7 Å². The van der Waals surface area contributed by atoms with Crippen molar-refractivity contribution in [2.24, 2.45) is 0 Å². The number of nitrogens with zero attached hydrogens (tertiary/aromatic N) is 2. The van der Waals surface area contributed by atoms with Gasteiger partial charge in [-0.05, 0) is 31.4 Å². The Labute approximate surface area is 152 Å². The highest BCUT2D eigenvalue weighted by Crippen LogP contribution is 2.29. The van der Waals surface area contributed by atoms with Gasteiger partial charge in [-0.25, -0.2) is 13.6 Å². The van der Waals surface area contributed by atoms with E-state index in [4.69, 9.17) is 5.11 Å². The molecule has 0 unspecified atom stereocenters. The Morgan fingerprint density at radius 3 is 2.88 bits per heavy atom. The lowest BCUT2D eigenvalue weighted by Gasteiger charge is -2.13. The highest BCUT2D eigenvalue weighted by Gasteiger charge is 2.22. The molecule has 9 heteroatoms. The molecule has 1 heterocycles. The van der Waals surface area contributed by atoms with Gasteiger partial charge in [0.1, 0.15) is 16.7 Å². The van der Waals surface area contributed by atoms with Crippen molar-refractivity contribution >= 4 is 23.4 Å². The van der Waals surface area contributed by atoms with Crippen molar-refractivity contribution in [1.82, 2.24) is 9.55 Å². The lowest BCUT2D eigenvalue weighted by Crippen LogP contribution is -2.28. The average molecular weight is 381 g/mol. The molecule has 1 aliphatic carbocycles. The van der Waals surface area contributed by atoms with Gasteiger partial charge in [-0.2, -0.15) is 4.98 Å². The van der Waals surface area contributed by atoms with Crippen LogP contribution in [0, 0.1) is 11.6 Å². The molecule has 0 saturated heterocycles. The molecule has 1 aliphatic rings. The minimum Gasteiger partial charge on any atom is -0.395 e. The predicted octanol–water partition coefficient (Wildman–Crippen LogP) is 1.73. The molecule has 0 fully saturated rings. The second-order valence-electron chi connectivity index (χ2n) is 5.81. The van der Waals surface area contributed by atoms with Crippen molar-refractivity contribution in [1.29, 1.82) is 0 Å². The average Bonchev–Trinajstić information content (AvgIpc) is 3.08. The van der Waals surface area contributed by atoms with Crippen molar-refractivity contribution in [3.05, 3.63) is 51.6 Å². The summed E-state index contributed by atoms with van der Waals surface area (Å²) in [5, 5.41) is 12.0. The molecule has 0 aliphatic heterocycles. The third-order valence-electron chi connectivity index (χ3n) is 4.07. The molecule has 1 aromatic heterocycles. The lowest BCUT2D eigenvalue weighted by atomic mass is 10.2. The Kier molecular flexibility index (Phi) is 5.67. The minimum absolute atomic E-state index is 0.0558. The summed E-state index contributed by atoms with van der Waals surface area (Å²) in [4.78, 5) is 28.2. The maximum absolute atomic E-state index is 13.6. The summed E-state index contributed by atoms with van der Waals surface area (Å²) in [6, 6.07) is 2.90. The van der Waals surface area contributed by atoms with E-state index in [2.05, 4.69) is 10.3 Å². The molecule has 0 bridgehead atoms. The van der Waals surface area contributed by atoms with Gasteiger partial charge in [0.25, 0.3) is 0 Å². The van der Waals surface area contributed by atoms with Gasteiger partial charge in [0.15, 0.2) is 0 Å². The molecular weight excluding hydrogens is 364 g/mol. The standard InChI is InChI=1S/C17H17F2N3O3S/c18-10-4-5-13(12(19)8-10)20-15(24)9-26-16-11-2-1-3-14(11)22(6-7-23)17(25)21-16/h4-5,8,23H,1-3,6-7,9H2,(H,20,24). The number of rotatable bonds is 6. The third kappa shape index (κ3) is 3.94. The van der Waals surface area contributed by atoms with Crippen LogP contribution in [0.2, 0.25) is 0 Å². The number of benzene rings is 1. The van der Waals surface area contributed by atoms with Crippen LogP contribution < -0.4 is 11.0 Å². The maximum Gasteiger partial charge on any atom is 0.348 e. The number of hydrogen-bond acceptors (Lipinski definition) is 5. The van der Waals surface area contributed by atoms with Crippen LogP contribution >= 0.6 is 11.8 Å². The summed E-state index contributed by atoms with van der Waals surface area (Å²) in [5.74, 6) is -2.11. The number of carbonyl (C=O) groups excluding carboxylic acids is 1. The number of fused-ring (bicyclic) bond motifs is 1. The second kappa shape index (κ2) is 7.96. The SMILES string of the molecule is O=C(CSc1nc(=O)n(CCO)c2c1CCC2)Nc1ccc(F)cc1F. The molecule has 1 amide bonds. The summed E-state index contributed by atoms with van der Waals surface area (Å²) in [5.41, 5.74) is 1.22. The summed E-state index contributed by atoms with van der Waals surface area (Å²) >= 11 is 1.11. The summed E-state index contributed by atoms with van der Waals surface area (Å²) < 4.78 is 28.0. The first-order valence-electron chi connectivity index (χ1n) is 8.10. The van der Waals surface area contributed by atoms with E-state index in [0.29, 0.717) is 11.1 Å². The van der Waals surface area contributed by atoms with E-state index in [1.54, 1.807) is 0 Å². The van der Waals surface area contributed by atoms with E-state index in [9.17, 15) is 18.4 Å². The molecular formula is C17H17F2N3O3S. The zero-order chi connectivity index (χ0) is 18.7. The van der Waals surface area contributed by atoms with E-state index in [1.807, 2.05) is 0 Å². The molecule has 0 spiro atoms. The van der Waals surface area contributed by atoms with Gasteiger partial charge in [-0.15, -0.1) is 0 Å². The van der Waals surface area contributed by atoms with Gasteiger partial charge in [-0.3, -0.25) is 9.36 Å². The van der Waals surface area contributed by atoms with E-state index in [-0.39, 0.29) is 24.6 Å². The number of hydrogen-bond donors (Lipinski definition) is 2. The van der Waals surface area contributed by atoms with Crippen LogP contribution in [0.4, 0.5) is 14.5 Å². The molecule has 2 aromatic rings. The van der Waals surface area contributed by atoms with E-state index < -0.39 is 23.2 Å². The van der Waals surface area contributed by atoms with Gasteiger partial charge in [0.2, 0.25) is 5.91 Å². The zero-order valence-corrected chi connectivity index (χ0v) is 14.6. The van der Waals surface area contributed by atoms with Crippen LogP contribution in [0.5, 0.6) is 0 Å². The number of thioether (sulfide) groups is 1. The molecule has 0 saturated carbocycles. The van der Waals surface area contributed by atoms with E-state index in [1.165, 1.54) is 4.57 Å². The normalized spacial score (nSPS) is 12.9. The second-order valence-corrected chi connectivity index (χ2v) is 6.78. The molecule has 26 heavy (non-hydrogen) atoms.